The number of likely N-dealkylation sites (N-methyl/N-ethyl adjacent to an activating group) is 1. The second kappa shape index (κ2) is 10.4. The van der Waals surface area contributed by atoms with Crippen molar-refractivity contribution < 1.29 is 18.0 Å². The molecule has 5 rings (SSSR count). The predicted octanol–water partition coefficient (Wildman–Crippen LogP) is 4.91. The van der Waals surface area contributed by atoms with Crippen molar-refractivity contribution in [3.05, 3.63) is 93.0 Å². The zero-order chi connectivity index (χ0) is 27.0. The number of nitrogens with one attached hydrogen (secondary N) is 2. The lowest BCUT2D eigenvalue weighted by Gasteiger charge is -2.24. The van der Waals surface area contributed by atoms with E-state index < -0.39 is 16.1 Å². The molecule has 3 aromatic carbocycles. The van der Waals surface area contributed by atoms with Crippen LogP contribution in [0.5, 0.6) is 0 Å². The average molecular weight is 616 g/mol. The van der Waals surface area contributed by atoms with Gasteiger partial charge in [-0.2, -0.15) is 0 Å². The maximum atomic E-state index is 13.2. The van der Waals surface area contributed by atoms with Gasteiger partial charge in [-0.1, -0.05) is 45.7 Å². The Morgan fingerprint density at radius 1 is 1.05 bits per heavy atom. The smallest absolute Gasteiger partial charge is 0.328 e. The normalized spacial score (nSPS) is 13.4. The summed E-state index contributed by atoms with van der Waals surface area (Å²) in [5, 5.41) is 4.03. The van der Waals surface area contributed by atoms with Crippen molar-refractivity contribution in [3.8, 4) is 5.69 Å². The Labute approximate surface area is 233 Å². The van der Waals surface area contributed by atoms with Crippen LogP contribution >= 0.6 is 27.5 Å². The van der Waals surface area contributed by atoms with Gasteiger partial charge in [-0.25, -0.2) is 17.9 Å². The van der Waals surface area contributed by atoms with Gasteiger partial charge in [0.05, 0.1) is 10.4 Å². The van der Waals surface area contributed by atoms with Crippen LogP contribution in [0.15, 0.2) is 76.1 Å². The van der Waals surface area contributed by atoms with E-state index in [9.17, 15) is 18.0 Å². The summed E-state index contributed by atoms with van der Waals surface area (Å²) in [4.78, 5) is 27.0. The molecule has 1 aliphatic heterocycles. The fourth-order valence-electron chi connectivity index (χ4n) is 4.63. The first-order valence-electron chi connectivity index (χ1n) is 11.9. The lowest BCUT2D eigenvalue weighted by atomic mass is 10.0. The van der Waals surface area contributed by atoms with E-state index in [0.29, 0.717) is 23.7 Å². The molecule has 0 spiro atoms. The lowest BCUT2D eigenvalue weighted by Crippen LogP contribution is -2.40. The summed E-state index contributed by atoms with van der Waals surface area (Å²) in [5.74, 6) is -0.0119. The van der Waals surface area contributed by atoms with Crippen molar-refractivity contribution in [3.63, 3.8) is 0 Å². The Kier molecular flexibility index (Phi) is 7.21. The zero-order valence-electron chi connectivity index (χ0n) is 20.4. The highest BCUT2D eigenvalue weighted by molar-refractivity contribution is 9.10. The van der Waals surface area contributed by atoms with Gasteiger partial charge in [0.15, 0.2) is 0 Å². The Hall–Kier alpha value is -3.34. The molecule has 0 radical (unpaired) electrons. The third-order valence-electron chi connectivity index (χ3n) is 6.54. The molecule has 0 saturated heterocycles. The second-order valence-corrected chi connectivity index (χ2v) is 12.0. The van der Waals surface area contributed by atoms with E-state index in [4.69, 9.17) is 11.6 Å². The molecule has 1 aliphatic rings. The molecule has 4 aromatic rings. The molecule has 0 unspecified atom stereocenters. The third kappa shape index (κ3) is 5.03. The summed E-state index contributed by atoms with van der Waals surface area (Å²) in [6, 6.07) is 18.5. The number of hydrogen-bond donors (Lipinski definition) is 2. The maximum absolute atomic E-state index is 13.2. The van der Waals surface area contributed by atoms with E-state index in [1.165, 1.54) is 24.3 Å². The molecule has 11 heteroatoms. The molecule has 0 aliphatic carbocycles. The summed E-state index contributed by atoms with van der Waals surface area (Å²) in [6.45, 7) is 0.909. The molecule has 38 heavy (non-hydrogen) atoms. The van der Waals surface area contributed by atoms with Crippen molar-refractivity contribution in [1.82, 2.24) is 19.5 Å². The fourth-order valence-corrected chi connectivity index (χ4v) is 6.28. The minimum Gasteiger partial charge on any atom is -0.340 e. The number of benzene rings is 3. The van der Waals surface area contributed by atoms with E-state index in [0.717, 1.165) is 38.6 Å². The van der Waals surface area contributed by atoms with Crippen LogP contribution in [0.3, 0.4) is 0 Å². The first kappa shape index (κ1) is 26.3. The van der Waals surface area contributed by atoms with Crippen LogP contribution in [0.4, 0.5) is 4.79 Å². The van der Waals surface area contributed by atoms with Crippen molar-refractivity contribution in [2.45, 2.75) is 17.7 Å². The van der Waals surface area contributed by atoms with E-state index in [1.54, 1.807) is 4.90 Å². The molecule has 0 atom stereocenters. The van der Waals surface area contributed by atoms with Gasteiger partial charge in [-0.3, -0.25) is 4.79 Å². The number of halogens is 2. The number of rotatable bonds is 6. The van der Waals surface area contributed by atoms with Crippen molar-refractivity contribution in [1.29, 1.82) is 0 Å². The van der Waals surface area contributed by atoms with E-state index in [-0.39, 0.29) is 17.3 Å². The molecule has 2 N–H and O–H groups in total. The van der Waals surface area contributed by atoms with E-state index in [2.05, 4.69) is 21.2 Å². The molecular formula is C27H24BrClN4O4S. The van der Waals surface area contributed by atoms with Crippen LogP contribution in [0, 0.1) is 0 Å². The van der Waals surface area contributed by atoms with Crippen molar-refractivity contribution in [2.24, 2.45) is 0 Å². The van der Waals surface area contributed by atoms with Gasteiger partial charge in [-0.15, -0.1) is 0 Å². The van der Waals surface area contributed by atoms with Gasteiger partial charge >= 0.3 is 6.03 Å². The average Bonchev–Trinajstić information content (AvgIpc) is 3.23. The number of amides is 3. The minimum absolute atomic E-state index is 0.0119. The first-order chi connectivity index (χ1) is 18.2. The largest absolute Gasteiger partial charge is 0.340 e. The minimum atomic E-state index is -4.00. The molecule has 196 valence electrons. The van der Waals surface area contributed by atoms with Crippen LogP contribution < -0.4 is 10.0 Å². The zero-order valence-corrected chi connectivity index (χ0v) is 23.5. The number of carbonyl (C=O) groups is 2. The van der Waals surface area contributed by atoms with Gasteiger partial charge < -0.3 is 14.8 Å². The summed E-state index contributed by atoms with van der Waals surface area (Å²) >= 11 is 9.46. The van der Waals surface area contributed by atoms with E-state index in [1.807, 2.05) is 58.8 Å². The number of aromatic nitrogens is 1. The van der Waals surface area contributed by atoms with E-state index >= 15 is 0 Å². The highest BCUT2D eigenvalue weighted by Crippen LogP contribution is 2.37. The molecule has 1 aromatic heterocycles. The Morgan fingerprint density at radius 2 is 1.76 bits per heavy atom. The van der Waals surface area contributed by atoms with Crippen LogP contribution in [0.25, 0.3) is 16.6 Å². The Balaban J connectivity index is 1.29. The topological polar surface area (TPSA) is 101 Å². The van der Waals surface area contributed by atoms with Crippen LogP contribution in [-0.4, -0.2) is 50.0 Å². The van der Waals surface area contributed by atoms with Crippen molar-refractivity contribution >= 4 is 60.4 Å². The molecule has 8 nitrogen and oxygen atoms in total. The number of hydrogen-bond acceptors (Lipinski definition) is 4. The highest BCUT2D eigenvalue weighted by atomic mass is 79.9. The fraction of sp³-hybridized carbons (Fsp3) is 0.185. The summed E-state index contributed by atoms with van der Waals surface area (Å²) in [5.41, 5.74) is 4.49. The standard InChI is InChI=1S/C27H24BrClN4O4S/c1-32-16-14-21-24-22(28)3-2-4-23(24)33(25(21)26(32)34)19-9-5-17(6-10-19)13-15-30-27(35)31-38(36,37)20-11-7-18(29)8-12-20/h2-12H,13-16H2,1H3,(H2,30,31,35). The van der Waals surface area contributed by atoms with Gasteiger partial charge in [0, 0.05) is 40.7 Å². The molecule has 0 bridgehead atoms. The van der Waals surface area contributed by atoms with Gasteiger partial charge in [0.25, 0.3) is 15.9 Å². The van der Waals surface area contributed by atoms with Crippen LogP contribution in [-0.2, 0) is 22.9 Å². The second-order valence-electron chi connectivity index (χ2n) is 9.01. The molecule has 0 fully saturated rings. The van der Waals surface area contributed by atoms with Crippen LogP contribution in [0.1, 0.15) is 21.6 Å². The van der Waals surface area contributed by atoms with Gasteiger partial charge in [-0.05, 0) is 72.5 Å². The van der Waals surface area contributed by atoms with Gasteiger partial charge in [0.1, 0.15) is 5.69 Å². The molecule has 0 saturated carbocycles. The van der Waals surface area contributed by atoms with Gasteiger partial charge in [0.2, 0.25) is 0 Å². The number of sulfonamides is 1. The maximum Gasteiger partial charge on any atom is 0.328 e. The quantitative estimate of drug-likeness (QED) is 0.322. The first-order valence-corrected chi connectivity index (χ1v) is 14.5. The summed E-state index contributed by atoms with van der Waals surface area (Å²) in [6.07, 6.45) is 1.27. The van der Waals surface area contributed by atoms with Crippen LogP contribution in [0.2, 0.25) is 5.02 Å². The lowest BCUT2D eigenvalue weighted by molar-refractivity contribution is 0.0773. The number of nitrogens with zero attached hydrogens (tertiary/aromatic N) is 2. The predicted molar refractivity (Wildman–Crippen MR) is 151 cm³/mol. The summed E-state index contributed by atoms with van der Waals surface area (Å²) in [7, 11) is -2.18. The Bertz CT molecular complexity index is 1650. The monoisotopic (exact) mass is 614 g/mol. The highest BCUT2D eigenvalue weighted by Gasteiger charge is 2.30. The molecule has 3 amide bonds. The van der Waals surface area contributed by atoms with Crippen molar-refractivity contribution in [2.75, 3.05) is 20.1 Å². The number of carbonyl (C=O) groups excluding carboxylic acids is 2. The SMILES string of the molecule is CN1CCc2c(n(-c3ccc(CCNC(=O)NS(=O)(=O)c4ccc(Cl)cc4)cc3)c3cccc(Br)c23)C1=O. The number of fused-ring (bicyclic) bond motifs is 3. The summed E-state index contributed by atoms with van der Waals surface area (Å²) < 4.78 is 29.7. The molecule has 2 heterocycles. The number of urea groups is 1. The molecular weight excluding hydrogens is 592 g/mol. The Morgan fingerprint density at radius 3 is 2.47 bits per heavy atom. The third-order valence-corrected chi connectivity index (χ3v) is 8.79.